The van der Waals surface area contributed by atoms with E-state index in [9.17, 15) is 0 Å². The Kier molecular flexibility index (Phi) is 5.66. The van der Waals surface area contributed by atoms with E-state index in [1.165, 1.54) is 16.7 Å². The quantitative estimate of drug-likeness (QED) is 0.832. The van der Waals surface area contributed by atoms with E-state index < -0.39 is 0 Å². The highest BCUT2D eigenvalue weighted by Gasteiger charge is 2.16. The van der Waals surface area contributed by atoms with E-state index in [1.807, 2.05) is 18.2 Å². The van der Waals surface area contributed by atoms with Gasteiger partial charge in [0.1, 0.15) is 5.75 Å². The van der Waals surface area contributed by atoms with Crippen molar-refractivity contribution in [3.05, 3.63) is 64.2 Å². The Balaban J connectivity index is 2.38. The van der Waals surface area contributed by atoms with Gasteiger partial charge < -0.3 is 10.1 Å². The van der Waals surface area contributed by atoms with Gasteiger partial charge in [0.05, 0.1) is 13.2 Å². The summed E-state index contributed by atoms with van der Waals surface area (Å²) in [5.41, 5.74) is 3.68. The van der Waals surface area contributed by atoms with Gasteiger partial charge in [0, 0.05) is 5.02 Å². The van der Waals surface area contributed by atoms with E-state index in [4.69, 9.17) is 16.3 Å². The first-order valence-corrected chi connectivity index (χ1v) is 7.67. The Labute approximate surface area is 132 Å². The van der Waals surface area contributed by atoms with Crippen LogP contribution in [0.5, 0.6) is 5.75 Å². The highest BCUT2D eigenvalue weighted by Crippen LogP contribution is 2.28. The molecule has 0 heterocycles. The molecule has 0 amide bonds. The van der Waals surface area contributed by atoms with Crippen molar-refractivity contribution in [3.63, 3.8) is 0 Å². The largest absolute Gasteiger partial charge is 0.497 e. The van der Waals surface area contributed by atoms with Crippen molar-refractivity contribution >= 4 is 11.6 Å². The first kappa shape index (κ1) is 15.9. The second-order valence-corrected chi connectivity index (χ2v) is 5.60. The monoisotopic (exact) mass is 303 g/mol. The zero-order valence-electron chi connectivity index (χ0n) is 12.8. The van der Waals surface area contributed by atoms with E-state index in [0.717, 1.165) is 23.7 Å². The molecule has 21 heavy (non-hydrogen) atoms. The van der Waals surface area contributed by atoms with Crippen LogP contribution in [0.2, 0.25) is 5.02 Å². The molecule has 1 unspecified atom stereocenters. The highest BCUT2D eigenvalue weighted by molar-refractivity contribution is 6.30. The molecule has 2 aromatic carbocycles. The molecule has 3 heteroatoms. The maximum atomic E-state index is 6.18. The molecule has 2 rings (SSSR count). The second-order valence-electron chi connectivity index (χ2n) is 5.16. The summed E-state index contributed by atoms with van der Waals surface area (Å²) < 4.78 is 5.24. The zero-order valence-corrected chi connectivity index (χ0v) is 13.6. The number of hydrogen-bond acceptors (Lipinski definition) is 2. The smallest absolute Gasteiger partial charge is 0.118 e. The molecule has 0 saturated heterocycles. The molecule has 0 aromatic heterocycles. The van der Waals surface area contributed by atoms with Crippen molar-refractivity contribution in [3.8, 4) is 5.75 Å². The lowest BCUT2D eigenvalue weighted by Crippen LogP contribution is -2.23. The van der Waals surface area contributed by atoms with Gasteiger partial charge in [-0.25, -0.2) is 0 Å². The van der Waals surface area contributed by atoms with Crippen LogP contribution in [-0.4, -0.2) is 13.7 Å². The van der Waals surface area contributed by atoms with Gasteiger partial charge in [0.2, 0.25) is 0 Å². The van der Waals surface area contributed by atoms with Crippen LogP contribution >= 0.6 is 11.6 Å². The van der Waals surface area contributed by atoms with Crippen LogP contribution in [0.3, 0.4) is 0 Å². The van der Waals surface area contributed by atoms with Gasteiger partial charge >= 0.3 is 0 Å². The van der Waals surface area contributed by atoms with Gasteiger partial charge in [0.25, 0.3) is 0 Å². The number of benzene rings is 2. The number of methoxy groups -OCH3 is 1. The lowest BCUT2D eigenvalue weighted by molar-refractivity contribution is 0.414. The molecule has 0 aliphatic carbocycles. The number of nitrogens with one attached hydrogen (secondary N) is 1. The standard InChI is InChI=1S/C18H22ClNO/c1-4-11-20-18(14-6-9-16(21-3)10-7-14)17-12-15(19)8-5-13(17)2/h5-10,12,18,20H,4,11H2,1-3H3. The van der Waals surface area contributed by atoms with Crippen LogP contribution in [-0.2, 0) is 0 Å². The zero-order chi connectivity index (χ0) is 15.2. The van der Waals surface area contributed by atoms with Crippen LogP contribution in [0.25, 0.3) is 0 Å². The third kappa shape index (κ3) is 3.99. The fourth-order valence-electron chi connectivity index (χ4n) is 2.41. The Hall–Kier alpha value is -1.51. The summed E-state index contributed by atoms with van der Waals surface area (Å²) in [6, 6.07) is 14.4. The molecule has 0 aliphatic heterocycles. The van der Waals surface area contributed by atoms with Crippen molar-refractivity contribution in [2.75, 3.05) is 13.7 Å². The summed E-state index contributed by atoms with van der Waals surface area (Å²) in [6.45, 7) is 5.25. The van der Waals surface area contributed by atoms with Crippen LogP contribution in [0, 0.1) is 6.92 Å². The minimum atomic E-state index is 0.148. The molecule has 2 nitrogen and oxygen atoms in total. The van der Waals surface area contributed by atoms with E-state index in [0.29, 0.717) is 0 Å². The molecule has 0 aliphatic rings. The number of aryl methyl sites for hydroxylation is 1. The average molecular weight is 304 g/mol. The number of hydrogen-bond donors (Lipinski definition) is 1. The summed E-state index contributed by atoms with van der Waals surface area (Å²) >= 11 is 6.18. The Morgan fingerprint density at radius 3 is 2.48 bits per heavy atom. The van der Waals surface area contributed by atoms with E-state index in [-0.39, 0.29) is 6.04 Å². The predicted octanol–water partition coefficient (Wildman–Crippen LogP) is 4.75. The number of rotatable bonds is 6. The average Bonchev–Trinajstić information content (AvgIpc) is 2.51. The fraction of sp³-hybridized carbons (Fsp3) is 0.333. The van der Waals surface area contributed by atoms with Gasteiger partial charge in [-0.2, -0.15) is 0 Å². The molecule has 0 saturated carbocycles. The van der Waals surface area contributed by atoms with Gasteiger partial charge in [-0.1, -0.05) is 36.7 Å². The van der Waals surface area contributed by atoms with Gasteiger partial charge in [-0.05, 0) is 60.8 Å². The SMILES string of the molecule is CCCNC(c1ccc(OC)cc1)c1cc(Cl)ccc1C. The van der Waals surface area contributed by atoms with Crippen molar-refractivity contribution in [2.45, 2.75) is 26.3 Å². The normalized spacial score (nSPS) is 12.2. The van der Waals surface area contributed by atoms with Gasteiger partial charge in [-0.3, -0.25) is 0 Å². The molecule has 0 radical (unpaired) electrons. The maximum Gasteiger partial charge on any atom is 0.118 e. The van der Waals surface area contributed by atoms with Crippen LogP contribution in [0.15, 0.2) is 42.5 Å². The van der Waals surface area contributed by atoms with Crippen LogP contribution in [0.4, 0.5) is 0 Å². The van der Waals surface area contributed by atoms with Crippen LogP contribution in [0.1, 0.15) is 36.1 Å². The minimum absolute atomic E-state index is 0.148. The van der Waals surface area contributed by atoms with Gasteiger partial charge in [0.15, 0.2) is 0 Å². The van der Waals surface area contributed by atoms with Crippen molar-refractivity contribution in [1.29, 1.82) is 0 Å². The van der Waals surface area contributed by atoms with E-state index >= 15 is 0 Å². The molecular formula is C18H22ClNO. The second kappa shape index (κ2) is 7.48. The Morgan fingerprint density at radius 2 is 1.86 bits per heavy atom. The van der Waals surface area contributed by atoms with Crippen molar-refractivity contribution in [2.24, 2.45) is 0 Å². The summed E-state index contributed by atoms with van der Waals surface area (Å²) in [6.07, 6.45) is 1.09. The molecule has 1 N–H and O–H groups in total. The number of halogens is 1. The summed E-state index contributed by atoms with van der Waals surface area (Å²) in [5, 5.41) is 4.38. The third-order valence-electron chi connectivity index (χ3n) is 3.60. The third-order valence-corrected chi connectivity index (χ3v) is 3.83. The van der Waals surface area contributed by atoms with Gasteiger partial charge in [-0.15, -0.1) is 0 Å². The summed E-state index contributed by atoms with van der Waals surface area (Å²) in [4.78, 5) is 0. The molecule has 0 bridgehead atoms. The van der Waals surface area contributed by atoms with Crippen LogP contribution < -0.4 is 10.1 Å². The molecule has 0 spiro atoms. The lowest BCUT2D eigenvalue weighted by Gasteiger charge is -2.22. The Morgan fingerprint density at radius 1 is 1.14 bits per heavy atom. The van der Waals surface area contributed by atoms with Crippen molar-refractivity contribution < 1.29 is 4.74 Å². The van der Waals surface area contributed by atoms with E-state index in [1.54, 1.807) is 7.11 Å². The first-order chi connectivity index (χ1) is 10.2. The minimum Gasteiger partial charge on any atom is -0.497 e. The molecule has 2 aromatic rings. The van der Waals surface area contributed by atoms with Crippen molar-refractivity contribution in [1.82, 2.24) is 5.32 Å². The maximum absolute atomic E-state index is 6.18. The predicted molar refractivity (Wildman–Crippen MR) is 89.3 cm³/mol. The first-order valence-electron chi connectivity index (χ1n) is 7.29. The molecule has 1 atom stereocenters. The topological polar surface area (TPSA) is 21.3 Å². The summed E-state index contributed by atoms with van der Waals surface area (Å²) in [5.74, 6) is 0.871. The fourth-order valence-corrected chi connectivity index (χ4v) is 2.60. The summed E-state index contributed by atoms with van der Waals surface area (Å²) in [7, 11) is 1.68. The lowest BCUT2D eigenvalue weighted by atomic mass is 9.95. The molecule has 112 valence electrons. The Bertz CT molecular complexity index is 580. The number of ether oxygens (including phenoxy) is 1. The highest BCUT2D eigenvalue weighted by atomic mass is 35.5. The molecular weight excluding hydrogens is 282 g/mol. The molecule has 0 fully saturated rings. The van der Waals surface area contributed by atoms with E-state index in [2.05, 4.69) is 43.4 Å².